The van der Waals surface area contributed by atoms with Crippen LogP contribution in [0.1, 0.15) is 42.3 Å². The lowest BCUT2D eigenvalue weighted by Gasteiger charge is -2.33. The molecule has 5 heterocycles. The van der Waals surface area contributed by atoms with Gasteiger partial charge in [0.15, 0.2) is 5.82 Å². The third kappa shape index (κ3) is 3.95. The Morgan fingerprint density at radius 1 is 1.15 bits per heavy atom. The fourth-order valence-electron chi connectivity index (χ4n) is 5.65. The van der Waals surface area contributed by atoms with Gasteiger partial charge in [-0.2, -0.15) is 4.68 Å². The molecular formula is C26H20ClFN8O3. The molecular weight excluding hydrogens is 527 g/mol. The van der Waals surface area contributed by atoms with Gasteiger partial charge in [-0.05, 0) is 59.5 Å². The van der Waals surface area contributed by atoms with Crippen molar-refractivity contribution in [3.8, 4) is 16.9 Å². The van der Waals surface area contributed by atoms with Gasteiger partial charge in [0.05, 0.1) is 34.3 Å². The van der Waals surface area contributed by atoms with Crippen LogP contribution in [0.2, 0.25) is 5.02 Å². The number of carbonyl (C=O) groups excluding carboxylic acids is 2. The van der Waals surface area contributed by atoms with Gasteiger partial charge in [0.1, 0.15) is 18.8 Å². The maximum absolute atomic E-state index is 15.3. The number of H-pyrrole nitrogens is 1. The summed E-state index contributed by atoms with van der Waals surface area (Å²) in [5, 5.41) is 13.8. The van der Waals surface area contributed by atoms with E-state index in [4.69, 9.17) is 16.3 Å². The number of benzene rings is 2. The molecule has 0 spiro atoms. The average Bonchev–Trinajstić information content (AvgIpc) is 3.70. The van der Waals surface area contributed by atoms with Crippen LogP contribution in [0.3, 0.4) is 0 Å². The molecule has 7 rings (SSSR count). The highest BCUT2D eigenvalue weighted by Gasteiger charge is 2.42. The van der Waals surface area contributed by atoms with Gasteiger partial charge in [-0.25, -0.2) is 14.2 Å². The summed E-state index contributed by atoms with van der Waals surface area (Å²) in [6.45, 7) is 0.194. The van der Waals surface area contributed by atoms with Crippen LogP contribution in [0.25, 0.3) is 22.5 Å². The zero-order valence-electron chi connectivity index (χ0n) is 20.3. The number of cyclic esters (lactones) is 1. The molecule has 3 aliphatic rings. The normalized spacial score (nSPS) is 20.3. The lowest BCUT2D eigenvalue weighted by Crippen LogP contribution is -2.39. The quantitative estimate of drug-likeness (QED) is 0.387. The highest BCUT2D eigenvalue weighted by Crippen LogP contribution is 2.44. The number of nitrogens with zero attached hydrogens (tertiary/aromatic N) is 6. The summed E-state index contributed by atoms with van der Waals surface area (Å²) in [7, 11) is 0. The standard InChI is InChI=1S/C26H20ClFN8O3/c27-17-3-6-20(35-12-30-33-34-35)23(24(17)28)14-8-16-2-5-21(36(16)22(37)9-14)25-29-10-19(31-25)13-1-4-18-15(7-13)11-39-26(38)32-18/h1,3-4,6-7,9-10,12,16,21H,2,5,8,11H2,(H,29,31)(H,32,38)/t16-,21+/m1/s1. The van der Waals surface area contributed by atoms with Crippen molar-refractivity contribution in [2.45, 2.75) is 38.0 Å². The largest absolute Gasteiger partial charge is 0.444 e. The van der Waals surface area contributed by atoms with Crippen LogP contribution in [0.15, 0.2) is 48.9 Å². The molecule has 0 unspecified atom stereocenters. The van der Waals surface area contributed by atoms with Gasteiger partial charge in [-0.1, -0.05) is 17.7 Å². The van der Waals surface area contributed by atoms with E-state index in [-0.39, 0.29) is 35.2 Å². The minimum Gasteiger partial charge on any atom is -0.444 e. The number of ether oxygens (including phenoxy) is 1. The molecule has 2 atom stereocenters. The number of rotatable bonds is 4. The molecule has 13 heteroatoms. The first kappa shape index (κ1) is 23.5. The molecule has 4 aromatic rings. The van der Waals surface area contributed by atoms with E-state index >= 15 is 4.39 Å². The Bertz CT molecular complexity index is 1670. The van der Waals surface area contributed by atoms with Crippen molar-refractivity contribution in [1.29, 1.82) is 0 Å². The summed E-state index contributed by atoms with van der Waals surface area (Å²) in [5.74, 6) is -0.147. The van der Waals surface area contributed by atoms with Crippen molar-refractivity contribution >= 4 is 34.9 Å². The van der Waals surface area contributed by atoms with Crippen molar-refractivity contribution in [3.05, 3.63) is 76.7 Å². The first-order valence-electron chi connectivity index (χ1n) is 12.3. The molecule has 1 fully saturated rings. The number of imidazole rings is 1. The average molecular weight is 547 g/mol. The van der Waals surface area contributed by atoms with Crippen molar-refractivity contribution in [1.82, 2.24) is 35.1 Å². The third-order valence-electron chi connectivity index (χ3n) is 7.42. The minimum absolute atomic E-state index is 0.0406. The predicted octanol–water partition coefficient (Wildman–Crippen LogP) is 4.43. The summed E-state index contributed by atoms with van der Waals surface area (Å²) in [6, 6.07) is 8.38. The van der Waals surface area contributed by atoms with Crippen LogP contribution < -0.4 is 5.32 Å². The Balaban J connectivity index is 1.18. The fraction of sp³-hybridized carbons (Fsp3) is 0.231. The lowest BCUT2D eigenvalue weighted by atomic mass is 9.92. The Morgan fingerprint density at radius 2 is 2.05 bits per heavy atom. The zero-order chi connectivity index (χ0) is 26.7. The fourth-order valence-corrected chi connectivity index (χ4v) is 5.81. The second-order valence-electron chi connectivity index (χ2n) is 9.63. The van der Waals surface area contributed by atoms with Crippen molar-refractivity contribution in [2.75, 3.05) is 5.32 Å². The smallest absolute Gasteiger partial charge is 0.411 e. The number of nitrogens with one attached hydrogen (secondary N) is 2. The van der Waals surface area contributed by atoms with E-state index in [1.807, 2.05) is 23.1 Å². The molecule has 196 valence electrons. The molecule has 11 nitrogen and oxygen atoms in total. The van der Waals surface area contributed by atoms with E-state index in [0.717, 1.165) is 23.2 Å². The van der Waals surface area contributed by atoms with E-state index in [9.17, 15) is 9.59 Å². The summed E-state index contributed by atoms with van der Waals surface area (Å²) in [5.41, 5.74) is 4.45. The first-order valence-corrected chi connectivity index (χ1v) is 12.7. The van der Waals surface area contributed by atoms with Crippen molar-refractivity contribution in [3.63, 3.8) is 0 Å². The summed E-state index contributed by atoms with van der Waals surface area (Å²) in [4.78, 5) is 34.7. The minimum atomic E-state index is -0.614. The molecule has 3 aliphatic heterocycles. The van der Waals surface area contributed by atoms with Gasteiger partial charge in [0.25, 0.3) is 0 Å². The van der Waals surface area contributed by atoms with E-state index in [1.54, 1.807) is 12.3 Å². The van der Waals surface area contributed by atoms with Gasteiger partial charge >= 0.3 is 6.09 Å². The van der Waals surface area contributed by atoms with Crippen molar-refractivity contribution in [2.24, 2.45) is 0 Å². The van der Waals surface area contributed by atoms with Gasteiger partial charge < -0.3 is 14.6 Å². The number of hydrogen-bond acceptors (Lipinski definition) is 7. The monoisotopic (exact) mass is 546 g/mol. The van der Waals surface area contributed by atoms with E-state index in [0.29, 0.717) is 35.6 Å². The van der Waals surface area contributed by atoms with Gasteiger partial charge in [0.2, 0.25) is 5.91 Å². The maximum Gasteiger partial charge on any atom is 0.411 e. The number of halogens is 2. The van der Waals surface area contributed by atoms with Crippen LogP contribution in [0.4, 0.5) is 14.9 Å². The summed E-state index contributed by atoms with van der Waals surface area (Å²) >= 11 is 6.12. The highest BCUT2D eigenvalue weighted by atomic mass is 35.5. The summed E-state index contributed by atoms with van der Waals surface area (Å²) in [6.07, 6.45) is 6.02. The molecule has 2 amide bonds. The molecule has 0 saturated carbocycles. The van der Waals surface area contributed by atoms with Crippen LogP contribution in [-0.4, -0.2) is 53.1 Å². The third-order valence-corrected chi connectivity index (χ3v) is 7.71. The predicted molar refractivity (Wildman–Crippen MR) is 137 cm³/mol. The number of carbonyl (C=O) groups is 2. The van der Waals surface area contributed by atoms with Gasteiger partial charge in [-0.3, -0.25) is 10.1 Å². The van der Waals surface area contributed by atoms with Gasteiger partial charge in [-0.15, -0.1) is 5.10 Å². The molecule has 2 aromatic heterocycles. The Kier molecular flexibility index (Phi) is 5.44. The van der Waals surface area contributed by atoms with Crippen LogP contribution >= 0.6 is 11.6 Å². The molecule has 0 bridgehead atoms. The second kappa shape index (κ2) is 9.02. The number of fused-ring (bicyclic) bond motifs is 2. The number of aromatic nitrogens is 6. The molecule has 0 radical (unpaired) electrons. The number of hydrogen-bond donors (Lipinski definition) is 2. The molecule has 0 aliphatic carbocycles. The van der Waals surface area contributed by atoms with Crippen LogP contribution in [0, 0.1) is 5.82 Å². The van der Waals surface area contributed by atoms with Crippen LogP contribution in [-0.2, 0) is 16.1 Å². The number of tetrazole rings is 1. The van der Waals surface area contributed by atoms with Crippen molar-refractivity contribution < 1.29 is 18.7 Å². The van der Waals surface area contributed by atoms with E-state index < -0.39 is 11.9 Å². The molecule has 39 heavy (non-hydrogen) atoms. The number of amides is 2. The molecule has 2 aromatic carbocycles. The summed E-state index contributed by atoms with van der Waals surface area (Å²) < 4.78 is 21.7. The SMILES string of the molecule is O=C1Nc2ccc(-c3cnc([C@@H]4CC[C@@H]5CC(c6c(-n7cnnn7)ccc(Cl)c6F)=CC(=O)N54)[nH]3)cc2CO1. The maximum atomic E-state index is 15.3. The van der Waals surface area contributed by atoms with E-state index in [2.05, 4.69) is 30.8 Å². The van der Waals surface area contributed by atoms with Crippen LogP contribution in [0.5, 0.6) is 0 Å². The second-order valence-corrected chi connectivity index (χ2v) is 10.0. The highest BCUT2D eigenvalue weighted by molar-refractivity contribution is 6.31. The Morgan fingerprint density at radius 3 is 2.90 bits per heavy atom. The van der Waals surface area contributed by atoms with Gasteiger partial charge in [0, 0.05) is 28.8 Å². The molecule has 2 N–H and O–H groups in total. The zero-order valence-corrected chi connectivity index (χ0v) is 21.0. The van der Waals surface area contributed by atoms with E-state index in [1.165, 1.54) is 23.2 Å². The first-order chi connectivity index (χ1) is 19.0. The Labute approximate surface area is 225 Å². The Hall–Kier alpha value is -4.58. The number of aromatic amines is 1. The lowest BCUT2D eigenvalue weighted by molar-refractivity contribution is -0.129. The molecule has 1 saturated heterocycles. The number of anilines is 1. The topological polar surface area (TPSA) is 131 Å².